The third-order valence-electron chi connectivity index (χ3n) is 4.19. The predicted molar refractivity (Wildman–Crippen MR) is 80.5 cm³/mol. The first-order chi connectivity index (χ1) is 9.10. The Kier molecular flexibility index (Phi) is 5.53. The van der Waals surface area contributed by atoms with E-state index >= 15 is 0 Å². The smallest absolute Gasteiger partial charge is 0.126 e. The lowest BCUT2D eigenvalue weighted by Gasteiger charge is -2.33. The van der Waals surface area contributed by atoms with Gasteiger partial charge in [-0.3, -0.25) is 0 Å². The number of halogens is 3. The van der Waals surface area contributed by atoms with E-state index in [1.54, 1.807) is 12.1 Å². The van der Waals surface area contributed by atoms with Crippen LogP contribution in [0.4, 0.5) is 4.39 Å². The molecule has 1 aromatic rings. The minimum Gasteiger partial charge on any atom is -0.207 e. The van der Waals surface area contributed by atoms with Crippen LogP contribution in [0.2, 0.25) is 5.02 Å². The van der Waals surface area contributed by atoms with E-state index in [0.717, 1.165) is 18.8 Å². The van der Waals surface area contributed by atoms with E-state index < -0.39 is 0 Å². The summed E-state index contributed by atoms with van der Waals surface area (Å²) in [6, 6.07) is 4.79. The lowest BCUT2D eigenvalue weighted by atomic mass is 9.76. The van der Waals surface area contributed by atoms with Crippen molar-refractivity contribution in [2.45, 2.75) is 50.8 Å². The van der Waals surface area contributed by atoms with Crippen LogP contribution in [0.5, 0.6) is 0 Å². The second-order valence-electron chi connectivity index (χ2n) is 5.68. The highest BCUT2D eigenvalue weighted by atomic mass is 35.5. The SMILES string of the molecule is CCCC1CCC(Cl)C(Cc2cc(Cl)ccc2F)C1. The van der Waals surface area contributed by atoms with E-state index in [-0.39, 0.29) is 11.2 Å². The van der Waals surface area contributed by atoms with Gasteiger partial charge in [0.15, 0.2) is 0 Å². The van der Waals surface area contributed by atoms with Gasteiger partial charge in [-0.05, 0) is 61.3 Å². The molecule has 0 saturated heterocycles. The van der Waals surface area contributed by atoms with Crippen LogP contribution in [0.15, 0.2) is 18.2 Å². The van der Waals surface area contributed by atoms with Gasteiger partial charge in [-0.2, -0.15) is 0 Å². The maximum atomic E-state index is 13.8. The van der Waals surface area contributed by atoms with E-state index in [1.165, 1.54) is 25.3 Å². The van der Waals surface area contributed by atoms with Gasteiger partial charge < -0.3 is 0 Å². The van der Waals surface area contributed by atoms with Crippen LogP contribution < -0.4 is 0 Å². The van der Waals surface area contributed by atoms with Gasteiger partial charge in [0.1, 0.15) is 5.82 Å². The Labute approximate surface area is 125 Å². The van der Waals surface area contributed by atoms with Crippen LogP contribution in [0.1, 0.15) is 44.6 Å². The summed E-state index contributed by atoms with van der Waals surface area (Å²) in [5.41, 5.74) is 0.709. The fourth-order valence-corrected chi connectivity index (χ4v) is 3.70. The topological polar surface area (TPSA) is 0 Å². The quantitative estimate of drug-likeness (QED) is 0.612. The molecular weight excluding hydrogens is 282 g/mol. The molecule has 1 saturated carbocycles. The molecule has 0 amide bonds. The molecule has 1 aromatic carbocycles. The second kappa shape index (κ2) is 6.95. The Morgan fingerprint density at radius 1 is 1.32 bits per heavy atom. The summed E-state index contributed by atoms with van der Waals surface area (Å²) in [6.45, 7) is 2.22. The van der Waals surface area contributed by atoms with Crippen LogP contribution in [0, 0.1) is 17.7 Å². The summed E-state index contributed by atoms with van der Waals surface area (Å²) in [5.74, 6) is 0.970. The zero-order valence-electron chi connectivity index (χ0n) is 11.3. The first kappa shape index (κ1) is 15.1. The molecule has 0 aromatic heterocycles. The number of rotatable bonds is 4. The van der Waals surface area contributed by atoms with Crippen molar-refractivity contribution in [3.05, 3.63) is 34.6 Å². The molecule has 3 unspecified atom stereocenters. The molecular formula is C16H21Cl2F. The summed E-state index contributed by atoms with van der Waals surface area (Å²) in [6.07, 6.45) is 6.58. The molecule has 0 spiro atoms. The van der Waals surface area contributed by atoms with Gasteiger partial charge >= 0.3 is 0 Å². The average molecular weight is 303 g/mol. The van der Waals surface area contributed by atoms with Crippen molar-refractivity contribution >= 4 is 23.2 Å². The van der Waals surface area contributed by atoms with Gasteiger partial charge in [0.25, 0.3) is 0 Å². The van der Waals surface area contributed by atoms with Crippen LogP contribution in [0.25, 0.3) is 0 Å². The summed E-state index contributed by atoms with van der Waals surface area (Å²) < 4.78 is 13.8. The third-order valence-corrected chi connectivity index (χ3v) is 4.99. The maximum absolute atomic E-state index is 13.8. The summed E-state index contributed by atoms with van der Waals surface area (Å²) in [7, 11) is 0. The fourth-order valence-electron chi connectivity index (χ4n) is 3.19. The summed E-state index contributed by atoms with van der Waals surface area (Å²) in [5, 5.41) is 0.773. The van der Waals surface area contributed by atoms with Crippen LogP contribution >= 0.6 is 23.2 Å². The van der Waals surface area contributed by atoms with Gasteiger partial charge in [0.05, 0.1) is 0 Å². The van der Waals surface area contributed by atoms with Crippen LogP contribution in [0.3, 0.4) is 0 Å². The van der Waals surface area contributed by atoms with Crippen molar-refractivity contribution < 1.29 is 4.39 Å². The van der Waals surface area contributed by atoms with Crippen molar-refractivity contribution in [3.63, 3.8) is 0 Å². The molecule has 0 heterocycles. The van der Waals surface area contributed by atoms with E-state index in [4.69, 9.17) is 23.2 Å². The summed E-state index contributed by atoms with van der Waals surface area (Å²) in [4.78, 5) is 0. The number of hydrogen-bond acceptors (Lipinski definition) is 0. The highest BCUT2D eigenvalue weighted by Crippen LogP contribution is 2.37. The average Bonchev–Trinajstić information content (AvgIpc) is 2.38. The lowest BCUT2D eigenvalue weighted by Crippen LogP contribution is -2.27. The first-order valence-corrected chi connectivity index (χ1v) is 7.99. The van der Waals surface area contributed by atoms with Gasteiger partial charge in [0.2, 0.25) is 0 Å². The molecule has 1 aliphatic rings. The van der Waals surface area contributed by atoms with Gasteiger partial charge in [-0.1, -0.05) is 31.4 Å². The largest absolute Gasteiger partial charge is 0.207 e. The Morgan fingerprint density at radius 3 is 2.84 bits per heavy atom. The number of alkyl halides is 1. The Morgan fingerprint density at radius 2 is 2.11 bits per heavy atom. The normalized spacial score (nSPS) is 27.5. The Balaban J connectivity index is 2.05. The molecule has 19 heavy (non-hydrogen) atoms. The molecule has 0 aliphatic heterocycles. The molecule has 0 nitrogen and oxygen atoms in total. The van der Waals surface area contributed by atoms with E-state index in [1.807, 2.05) is 0 Å². The van der Waals surface area contributed by atoms with E-state index in [9.17, 15) is 4.39 Å². The zero-order valence-corrected chi connectivity index (χ0v) is 12.9. The molecule has 106 valence electrons. The highest BCUT2D eigenvalue weighted by molar-refractivity contribution is 6.30. The zero-order chi connectivity index (χ0) is 13.8. The minimum absolute atomic E-state index is 0.161. The molecule has 3 atom stereocenters. The predicted octanol–water partition coefficient (Wildman–Crippen LogP) is 5.85. The number of benzene rings is 1. The van der Waals surface area contributed by atoms with Gasteiger partial charge in [-0.15, -0.1) is 11.6 Å². The fraction of sp³-hybridized carbons (Fsp3) is 0.625. The third kappa shape index (κ3) is 4.10. The van der Waals surface area contributed by atoms with Crippen molar-refractivity contribution in [2.75, 3.05) is 0 Å². The Bertz CT molecular complexity index is 419. The monoisotopic (exact) mass is 302 g/mol. The number of hydrogen-bond donors (Lipinski definition) is 0. The van der Waals surface area contributed by atoms with Crippen LogP contribution in [-0.2, 0) is 6.42 Å². The van der Waals surface area contributed by atoms with Gasteiger partial charge in [-0.25, -0.2) is 4.39 Å². The van der Waals surface area contributed by atoms with E-state index in [0.29, 0.717) is 22.9 Å². The van der Waals surface area contributed by atoms with Crippen molar-refractivity contribution in [3.8, 4) is 0 Å². The molecule has 0 N–H and O–H groups in total. The second-order valence-corrected chi connectivity index (χ2v) is 6.68. The highest BCUT2D eigenvalue weighted by Gasteiger charge is 2.29. The minimum atomic E-state index is -0.161. The van der Waals surface area contributed by atoms with Crippen molar-refractivity contribution in [1.29, 1.82) is 0 Å². The van der Waals surface area contributed by atoms with Gasteiger partial charge in [0, 0.05) is 10.4 Å². The van der Waals surface area contributed by atoms with Crippen molar-refractivity contribution in [1.82, 2.24) is 0 Å². The molecule has 1 fully saturated rings. The maximum Gasteiger partial charge on any atom is 0.126 e. The lowest BCUT2D eigenvalue weighted by molar-refractivity contribution is 0.256. The van der Waals surface area contributed by atoms with E-state index in [2.05, 4.69) is 6.92 Å². The first-order valence-electron chi connectivity index (χ1n) is 7.18. The standard InChI is InChI=1S/C16H21Cl2F/c1-2-3-11-4-6-15(18)12(8-11)9-13-10-14(17)5-7-16(13)19/h5,7,10-12,15H,2-4,6,8-9H2,1H3. The molecule has 2 rings (SSSR count). The van der Waals surface area contributed by atoms with Crippen LogP contribution in [-0.4, -0.2) is 5.38 Å². The molecule has 3 heteroatoms. The van der Waals surface area contributed by atoms with Crippen molar-refractivity contribution in [2.24, 2.45) is 11.8 Å². The molecule has 0 bridgehead atoms. The Hall–Kier alpha value is -0.270. The summed E-state index contributed by atoms with van der Waals surface area (Å²) >= 11 is 12.4. The molecule has 1 aliphatic carbocycles. The molecule has 0 radical (unpaired) electrons.